The van der Waals surface area contributed by atoms with Gasteiger partial charge in [-0.1, -0.05) is 53.5 Å². The maximum absolute atomic E-state index is 12.7. The van der Waals surface area contributed by atoms with Crippen LogP contribution in [0.3, 0.4) is 0 Å². The summed E-state index contributed by atoms with van der Waals surface area (Å²) in [6.07, 6.45) is 0. The van der Waals surface area contributed by atoms with Gasteiger partial charge in [0.1, 0.15) is 4.88 Å². The normalized spacial score (nSPS) is 11.1. The third kappa shape index (κ3) is 3.72. The maximum Gasteiger partial charge on any atom is 0.268 e. The standard InChI is InChI=1S/C20H15Cl2N3OS/c1-12-9-17(24-25(12)11-13-5-4-6-14(21)10-13)23-20(26)19-18(22)15-7-2-3-8-16(15)27-19/h2-10H,11H2,1H3,(H,23,24,26). The van der Waals surface area contributed by atoms with Gasteiger partial charge >= 0.3 is 0 Å². The van der Waals surface area contributed by atoms with Gasteiger partial charge in [-0.25, -0.2) is 0 Å². The molecule has 0 bridgehead atoms. The molecular formula is C20H15Cl2N3OS. The lowest BCUT2D eigenvalue weighted by molar-refractivity contribution is 0.103. The lowest BCUT2D eigenvalue weighted by Crippen LogP contribution is -2.12. The molecule has 0 aliphatic carbocycles. The van der Waals surface area contributed by atoms with Gasteiger partial charge in [0.2, 0.25) is 0 Å². The first-order valence-electron chi connectivity index (χ1n) is 8.28. The van der Waals surface area contributed by atoms with Gasteiger partial charge < -0.3 is 5.32 Å². The van der Waals surface area contributed by atoms with Crippen LogP contribution in [0.1, 0.15) is 20.9 Å². The second kappa shape index (κ2) is 7.35. The Hall–Kier alpha value is -2.34. The fraction of sp³-hybridized carbons (Fsp3) is 0.100. The van der Waals surface area contributed by atoms with Crippen LogP contribution in [0.25, 0.3) is 10.1 Å². The zero-order valence-corrected chi connectivity index (χ0v) is 16.7. The van der Waals surface area contributed by atoms with Crippen LogP contribution in [0.2, 0.25) is 10.0 Å². The molecule has 2 heterocycles. The quantitative estimate of drug-likeness (QED) is 0.443. The third-order valence-corrected chi connectivity index (χ3v) is 6.09. The summed E-state index contributed by atoms with van der Waals surface area (Å²) in [6.45, 7) is 2.52. The van der Waals surface area contributed by atoms with Crippen LogP contribution in [-0.4, -0.2) is 15.7 Å². The van der Waals surface area contributed by atoms with E-state index in [1.807, 2.05) is 66.2 Å². The van der Waals surface area contributed by atoms with E-state index in [0.717, 1.165) is 21.3 Å². The molecule has 2 aromatic heterocycles. The van der Waals surface area contributed by atoms with Crippen LogP contribution < -0.4 is 5.32 Å². The van der Waals surface area contributed by atoms with Crippen molar-refractivity contribution in [3.8, 4) is 0 Å². The van der Waals surface area contributed by atoms with Gasteiger partial charge in [0.05, 0.1) is 11.6 Å². The van der Waals surface area contributed by atoms with Crippen molar-refractivity contribution >= 4 is 56.3 Å². The molecule has 0 aliphatic rings. The van der Waals surface area contributed by atoms with Crippen LogP contribution in [-0.2, 0) is 6.54 Å². The highest BCUT2D eigenvalue weighted by Gasteiger charge is 2.18. The molecule has 0 saturated carbocycles. The molecule has 0 atom stereocenters. The smallest absolute Gasteiger partial charge is 0.268 e. The number of nitrogens with zero attached hydrogens (tertiary/aromatic N) is 2. The monoisotopic (exact) mass is 415 g/mol. The number of amides is 1. The molecule has 0 radical (unpaired) electrons. The van der Waals surface area contributed by atoms with E-state index in [2.05, 4.69) is 10.4 Å². The van der Waals surface area contributed by atoms with Crippen molar-refractivity contribution in [2.75, 3.05) is 5.32 Å². The number of aromatic nitrogens is 2. The van der Waals surface area contributed by atoms with E-state index in [0.29, 0.717) is 27.3 Å². The number of nitrogens with one attached hydrogen (secondary N) is 1. The lowest BCUT2D eigenvalue weighted by Gasteiger charge is -2.05. The van der Waals surface area contributed by atoms with Crippen molar-refractivity contribution < 1.29 is 4.79 Å². The summed E-state index contributed by atoms with van der Waals surface area (Å²) < 4.78 is 2.81. The average molecular weight is 416 g/mol. The van der Waals surface area contributed by atoms with Crippen molar-refractivity contribution in [1.82, 2.24) is 9.78 Å². The van der Waals surface area contributed by atoms with E-state index in [1.54, 1.807) is 0 Å². The number of thiophene rings is 1. The van der Waals surface area contributed by atoms with Gasteiger partial charge in [-0.15, -0.1) is 11.3 Å². The summed E-state index contributed by atoms with van der Waals surface area (Å²) in [7, 11) is 0. The second-order valence-corrected chi connectivity index (χ2v) is 8.02. The van der Waals surface area contributed by atoms with Gasteiger partial charge in [0, 0.05) is 26.9 Å². The summed E-state index contributed by atoms with van der Waals surface area (Å²) >= 11 is 13.8. The Morgan fingerprint density at radius 3 is 2.74 bits per heavy atom. The van der Waals surface area contributed by atoms with Crippen LogP contribution in [0.4, 0.5) is 5.82 Å². The Balaban J connectivity index is 1.56. The average Bonchev–Trinajstić information content (AvgIpc) is 3.15. The Labute approximate surface area is 170 Å². The molecule has 27 heavy (non-hydrogen) atoms. The Morgan fingerprint density at radius 1 is 1.15 bits per heavy atom. The van der Waals surface area contributed by atoms with Crippen LogP contribution in [0, 0.1) is 6.92 Å². The van der Waals surface area contributed by atoms with Crippen LogP contribution in [0.5, 0.6) is 0 Å². The summed E-state index contributed by atoms with van der Waals surface area (Å²) in [5.74, 6) is 0.238. The van der Waals surface area contributed by atoms with Crippen molar-refractivity contribution in [1.29, 1.82) is 0 Å². The van der Waals surface area contributed by atoms with E-state index in [1.165, 1.54) is 11.3 Å². The van der Waals surface area contributed by atoms with E-state index < -0.39 is 0 Å². The number of carbonyl (C=O) groups is 1. The van der Waals surface area contributed by atoms with Crippen molar-refractivity contribution in [3.05, 3.63) is 80.8 Å². The third-order valence-electron chi connectivity index (χ3n) is 4.19. The summed E-state index contributed by atoms with van der Waals surface area (Å²) in [6, 6.07) is 17.2. The minimum Gasteiger partial charge on any atom is -0.304 e. The number of fused-ring (bicyclic) bond motifs is 1. The van der Waals surface area contributed by atoms with Gasteiger partial charge in [0.25, 0.3) is 5.91 Å². The lowest BCUT2D eigenvalue weighted by atomic mass is 10.2. The minimum absolute atomic E-state index is 0.256. The zero-order valence-electron chi connectivity index (χ0n) is 14.4. The van der Waals surface area contributed by atoms with Gasteiger partial charge in [-0.2, -0.15) is 5.10 Å². The zero-order chi connectivity index (χ0) is 19.0. The van der Waals surface area contributed by atoms with Crippen molar-refractivity contribution in [3.63, 3.8) is 0 Å². The molecule has 2 aromatic carbocycles. The Kier molecular flexibility index (Phi) is 4.91. The molecule has 0 fully saturated rings. The Bertz CT molecular complexity index is 1150. The van der Waals surface area contributed by atoms with Crippen LogP contribution >= 0.6 is 34.5 Å². The number of halogens is 2. The highest BCUT2D eigenvalue weighted by molar-refractivity contribution is 7.21. The molecule has 1 N–H and O–H groups in total. The Morgan fingerprint density at radius 2 is 1.96 bits per heavy atom. The van der Waals surface area contributed by atoms with E-state index >= 15 is 0 Å². The van der Waals surface area contributed by atoms with E-state index in [9.17, 15) is 4.79 Å². The van der Waals surface area contributed by atoms with Gasteiger partial charge in [0.15, 0.2) is 5.82 Å². The fourth-order valence-electron chi connectivity index (χ4n) is 2.87. The molecule has 0 saturated heterocycles. The predicted molar refractivity (Wildman–Crippen MR) is 112 cm³/mol. The molecule has 136 valence electrons. The van der Waals surface area contributed by atoms with Crippen LogP contribution in [0.15, 0.2) is 54.6 Å². The maximum atomic E-state index is 12.7. The van der Waals surface area contributed by atoms with Crippen molar-refractivity contribution in [2.45, 2.75) is 13.5 Å². The second-order valence-electron chi connectivity index (χ2n) is 6.15. The summed E-state index contributed by atoms with van der Waals surface area (Å²) in [4.78, 5) is 13.2. The number of anilines is 1. The number of carbonyl (C=O) groups excluding carboxylic acids is 1. The highest BCUT2D eigenvalue weighted by Crippen LogP contribution is 2.35. The van der Waals surface area contributed by atoms with Crippen molar-refractivity contribution in [2.24, 2.45) is 0 Å². The number of benzene rings is 2. The summed E-state index contributed by atoms with van der Waals surface area (Å²) in [5.41, 5.74) is 1.98. The number of hydrogen-bond donors (Lipinski definition) is 1. The molecule has 0 unspecified atom stereocenters. The molecule has 4 aromatic rings. The highest BCUT2D eigenvalue weighted by atomic mass is 35.5. The molecule has 7 heteroatoms. The first kappa shape index (κ1) is 18.0. The molecule has 4 nitrogen and oxygen atoms in total. The van der Waals surface area contributed by atoms with Gasteiger partial charge in [-0.05, 0) is 30.7 Å². The number of aryl methyl sites for hydroxylation is 1. The first-order chi connectivity index (χ1) is 13.0. The molecule has 0 spiro atoms. The molecule has 1 amide bonds. The van der Waals surface area contributed by atoms with E-state index in [4.69, 9.17) is 23.2 Å². The molecule has 4 rings (SSSR count). The fourth-order valence-corrected chi connectivity index (χ4v) is 4.50. The predicted octanol–water partition coefficient (Wildman–Crippen LogP) is 6.01. The minimum atomic E-state index is -0.256. The number of rotatable bonds is 4. The number of hydrogen-bond acceptors (Lipinski definition) is 3. The summed E-state index contributed by atoms with van der Waals surface area (Å²) in [5, 5.41) is 9.38. The van der Waals surface area contributed by atoms with Gasteiger partial charge in [-0.3, -0.25) is 9.48 Å². The SMILES string of the molecule is Cc1cc(NC(=O)c2sc3ccccc3c2Cl)nn1Cc1cccc(Cl)c1. The topological polar surface area (TPSA) is 46.9 Å². The first-order valence-corrected chi connectivity index (χ1v) is 9.86. The largest absolute Gasteiger partial charge is 0.304 e. The molecule has 0 aliphatic heterocycles. The van der Waals surface area contributed by atoms with E-state index in [-0.39, 0.29) is 5.91 Å². The molecular weight excluding hydrogens is 401 g/mol.